The number of benzene rings is 1. The molecular formula is C30H44N8O6S2. The number of aromatic nitrogens is 4. The van der Waals surface area contributed by atoms with Crippen molar-refractivity contribution in [2.24, 2.45) is 13.0 Å². The third-order valence-corrected chi connectivity index (χ3v) is 11.9. The van der Waals surface area contributed by atoms with Crippen LogP contribution in [0.3, 0.4) is 0 Å². The molecule has 0 aliphatic carbocycles. The molecule has 1 amide bonds. The van der Waals surface area contributed by atoms with E-state index in [0.29, 0.717) is 56.8 Å². The predicted molar refractivity (Wildman–Crippen MR) is 174 cm³/mol. The Morgan fingerprint density at radius 1 is 1.09 bits per heavy atom. The van der Waals surface area contributed by atoms with Crippen molar-refractivity contribution in [3.05, 3.63) is 58.9 Å². The average molecular weight is 677 g/mol. The standard InChI is InChI=1S/C30H44N8O6S2/c1-23(2)22-45(41,42)33-12-8-16-37-28(29(39)35-17-13-31-14-18-35)27(24-9-5-4-6-10-24)38(30(37)40)25-11-7-15-36(20-25)46(43,44)26-19-32-34(3)21-26/h4-6,9-10,19,21,23,25,31,33H,7-8,11-18,20,22H2,1-3H3. The van der Waals surface area contributed by atoms with Crippen LogP contribution in [0.4, 0.5) is 0 Å². The molecule has 0 radical (unpaired) electrons. The molecule has 252 valence electrons. The second-order valence-electron chi connectivity index (χ2n) is 12.3. The van der Waals surface area contributed by atoms with Gasteiger partial charge in [0.2, 0.25) is 20.0 Å². The smallest absolute Gasteiger partial charge is 0.329 e. The van der Waals surface area contributed by atoms with Gasteiger partial charge in [-0.1, -0.05) is 44.2 Å². The van der Waals surface area contributed by atoms with Crippen molar-refractivity contribution in [1.29, 1.82) is 0 Å². The molecule has 4 heterocycles. The van der Waals surface area contributed by atoms with Crippen molar-refractivity contribution in [3.63, 3.8) is 0 Å². The number of nitrogens with one attached hydrogen (secondary N) is 2. The second-order valence-corrected chi connectivity index (χ2v) is 16.1. The molecule has 0 bridgehead atoms. The van der Waals surface area contributed by atoms with E-state index in [1.165, 1.54) is 25.9 Å². The highest BCUT2D eigenvalue weighted by Gasteiger charge is 2.37. The van der Waals surface area contributed by atoms with Crippen LogP contribution in [0, 0.1) is 5.92 Å². The summed E-state index contributed by atoms with van der Waals surface area (Å²) in [7, 11) is -5.70. The molecule has 2 saturated heterocycles. The number of aryl methyl sites for hydroxylation is 1. The molecule has 14 nitrogen and oxygen atoms in total. The molecule has 1 unspecified atom stereocenters. The summed E-state index contributed by atoms with van der Waals surface area (Å²) >= 11 is 0. The number of nitrogens with zero attached hydrogens (tertiary/aromatic N) is 6. The lowest BCUT2D eigenvalue weighted by Crippen LogP contribution is -2.47. The first kappa shape index (κ1) is 34.0. The maximum atomic E-state index is 14.5. The molecule has 5 rings (SSSR count). The monoisotopic (exact) mass is 676 g/mol. The van der Waals surface area contributed by atoms with Gasteiger partial charge in [0.15, 0.2) is 0 Å². The van der Waals surface area contributed by atoms with E-state index in [1.807, 2.05) is 44.2 Å². The van der Waals surface area contributed by atoms with Crippen LogP contribution in [0.1, 0.15) is 49.6 Å². The Morgan fingerprint density at radius 2 is 1.80 bits per heavy atom. The first-order valence-corrected chi connectivity index (χ1v) is 18.8. The quantitative estimate of drug-likeness (QED) is 0.270. The van der Waals surface area contributed by atoms with Crippen LogP contribution in [0.2, 0.25) is 0 Å². The van der Waals surface area contributed by atoms with Gasteiger partial charge in [0.05, 0.1) is 23.7 Å². The van der Waals surface area contributed by atoms with E-state index in [9.17, 15) is 26.4 Å². The number of amides is 1. The normalized spacial score (nSPS) is 18.3. The third kappa shape index (κ3) is 7.46. The number of carbonyl (C=O) groups is 1. The molecule has 2 aromatic heterocycles. The van der Waals surface area contributed by atoms with E-state index in [1.54, 1.807) is 16.5 Å². The van der Waals surface area contributed by atoms with Gasteiger partial charge in [-0.25, -0.2) is 26.4 Å². The Balaban J connectivity index is 1.56. The zero-order valence-electron chi connectivity index (χ0n) is 26.6. The SMILES string of the molecule is CC(C)CS(=O)(=O)NCCCn1c(C(=O)N2CCNCC2)c(-c2ccccc2)n(C2CCCN(S(=O)(=O)c3cnn(C)c3)C2)c1=O. The van der Waals surface area contributed by atoms with Crippen molar-refractivity contribution in [2.75, 3.05) is 51.6 Å². The van der Waals surface area contributed by atoms with Gasteiger partial charge < -0.3 is 10.2 Å². The van der Waals surface area contributed by atoms with E-state index < -0.39 is 31.8 Å². The van der Waals surface area contributed by atoms with E-state index in [0.717, 1.165) is 0 Å². The molecule has 46 heavy (non-hydrogen) atoms. The van der Waals surface area contributed by atoms with Crippen molar-refractivity contribution in [1.82, 2.24) is 38.2 Å². The molecule has 0 saturated carbocycles. The van der Waals surface area contributed by atoms with E-state index in [2.05, 4.69) is 15.1 Å². The van der Waals surface area contributed by atoms with Crippen molar-refractivity contribution >= 4 is 26.0 Å². The molecule has 2 aliphatic rings. The summed E-state index contributed by atoms with van der Waals surface area (Å²) in [5.41, 5.74) is 0.922. The third-order valence-electron chi connectivity index (χ3n) is 8.30. The molecule has 0 spiro atoms. The van der Waals surface area contributed by atoms with Gasteiger partial charge in [0.1, 0.15) is 10.6 Å². The average Bonchev–Trinajstić information content (AvgIpc) is 3.60. The van der Waals surface area contributed by atoms with Gasteiger partial charge in [-0.05, 0) is 25.2 Å². The topological polar surface area (TPSA) is 161 Å². The van der Waals surface area contributed by atoms with Crippen molar-refractivity contribution < 1.29 is 21.6 Å². The number of piperidine rings is 1. The van der Waals surface area contributed by atoms with Crippen LogP contribution in [0.5, 0.6) is 0 Å². The lowest BCUT2D eigenvalue weighted by molar-refractivity contribution is 0.0725. The number of hydrogen-bond acceptors (Lipinski definition) is 8. The van der Waals surface area contributed by atoms with E-state index in [-0.39, 0.29) is 54.2 Å². The fourth-order valence-corrected chi connectivity index (χ4v) is 9.16. The van der Waals surface area contributed by atoms with Crippen LogP contribution < -0.4 is 15.7 Å². The van der Waals surface area contributed by atoms with Crippen LogP contribution in [0.25, 0.3) is 11.3 Å². The summed E-state index contributed by atoms with van der Waals surface area (Å²) in [4.78, 5) is 30.6. The summed E-state index contributed by atoms with van der Waals surface area (Å²) in [6, 6.07) is 8.68. The highest BCUT2D eigenvalue weighted by molar-refractivity contribution is 7.89. The maximum Gasteiger partial charge on any atom is 0.329 e. The summed E-state index contributed by atoms with van der Waals surface area (Å²) in [5.74, 6) is -0.330. The van der Waals surface area contributed by atoms with Gasteiger partial charge in [-0.2, -0.15) is 9.40 Å². The molecule has 16 heteroatoms. The van der Waals surface area contributed by atoms with Gasteiger partial charge in [0.25, 0.3) is 5.91 Å². The van der Waals surface area contributed by atoms with E-state index in [4.69, 9.17) is 0 Å². The lowest BCUT2D eigenvalue weighted by atomic mass is 10.0. The molecule has 2 aliphatic heterocycles. The van der Waals surface area contributed by atoms with Gasteiger partial charge in [-0.15, -0.1) is 0 Å². The first-order chi connectivity index (χ1) is 21.9. The molecular weight excluding hydrogens is 633 g/mol. The zero-order valence-corrected chi connectivity index (χ0v) is 28.3. The fourth-order valence-electron chi connectivity index (χ4n) is 6.21. The van der Waals surface area contributed by atoms with Gasteiger partial charge in [-0.3, -0.25) is 18.6 Å². The molecule has 1 aromatic carbocycles. The number of imidazole rings is 1. The molecule has 3 aromatic rings. The number of piperazine rings is 1. The lowest BCUT2D eigenvalue weighted by Gasteiger charge is -2.33. The van der Waals surface area contributed by atoms with E-state index >= 15 is 0 Å². The highest BCUT2D eigenvalue weighted by atomic mass is 32.2. The Hall–Kier alpha value is -3.31. The summed E-state index contributed by atoms with van der Waals surface area (Å²) in [6.07, 6.45) is 4.12. The number of rotatable bonds is 12. The second kappa shape index (κ2) is 14.2. The van der Waals surface area contributed by atoms with Crippen LogP contribution >= 0.6 is 0 Å². The summed E-state index contributed by atoms with van der Waals surface area (Å²) in [5, 5.41) is 7.28. The predicted octanol–water partition coefficient (Wildman–Crippen LogP) is 1.09. The summed E-state index contributed by atoms with van der Waals surface area (Å²) < 4.78 is 60.6. The van der Waals surface area contributed by atoms with Crippen LogP contribution in [-0.2, 0) is 33.6 Å². The summed E-state index contributed by atoms with van der Waals surface area (Å²) in [6.45, 7) is 6.42. The Labute approximate surface area is 270 Å². The van der Waals surface area contributed by atoms with Gasteiger partial charge in [0, 0.05) is 71.2 Å². The number of sulfonamides is 2. The van der Waals surface area contributed by atoms with Crippen LogP contribution in [0.15, 0.2) is 52.4 Å². The minimum Gasteiger partial charge on any atom is -0.335 e. The van der Waals surface area contributed by atoms with Crippen molar-refractivity contribution in [3.8, 4) is 11.3 Å². The molecule has 1 atom stereocenters. The van der Waals surface area contributed by atoms with Crippen molar-refractivity contribution in [2.45, 2.75) is 50.6 Å². The minimum atomic E-state index is -3.87. The van der Waals surface area contributed by atoms with Gasteiger partial charge >= 0.3 is 5.69 Å². The number of hydrogen-bond donors (Lipinski definition) is 2. The fraction of sp³-hybridized carbons (Fsp3) is 0.567. The maximum absolute atomic E-state index is 14.5. The highest BCUT2D eigenvalue weighted by Crippen LogP contribution is 2.33. The minimum absolute atomic E-state index is 0.00561. The molecule has 2 fully saturated rings. The molecule has 2 N–H and O–H groups in total. The first-order valence-electron chi connectivity index (χ1n) is 15.8. The Kier molecular flexibility index (Phi) is 10.5. The Bertz CT molecular complexity index is 1790. The zero-order chi connectivity index (χ0) is 33.1. The Morgan fingerprint density at radius 3 is 2.46 bits per heavy atom. The van der Waals surface area contributed by atoms with Crippen LogP contribution in [-0.4, -0.2) is 102 Å². The number of carbonyl (C=O) groups excluding carboxylic acids is 1. The largest absolute Gasteiger partial charge is 0.335 e.